The third-order valence-electron chi connectivity index (χ3n) is 1.81. The lowest BCUT2D eigenvalue weighted by Crippen LogP contribution is -1.94. The van der Waals surface area contributed by atoms with Gasteiger partial charge in [-0.15, -0.1) is 0 Å². The maximum absolute atomic E-state index is 4.07. The highest BCUT2D eigenvalue weighted by Crippen LogP contribution is 1.98. The summed E-state index contributed by atoms with van der Waals surface area (Å²) in [5, 5.41) is 0. The van der Waals surface area contributed by atoms with Gasteiger partial charge in [0.15, 0.2) is 6.17 Å². The summed E-state index contributed by atoms with van der Waals surface area (Å²) in [6.07, 6.45) is 12.6. The summed E-state index contributed by atoms with van der Waals surface area (Å²) >= 11 is 0. The molecule has 0 aliphatic carbocycles. The van der Waals surface area contributed by atoms with Crippen LogP contribution in [-0.2, 0) is 0 Å². The van der Waals surface area contributed by atoms with Crippen LogP contribution in [0.5, 0.6) is 0 Å². The maximum atomic E-state index is 4.07. The molecule has 1 heterocycles. The highest BCUT2D eigenvalue weighted by atomic mass is 15.0. The van der Waals surface area contributed by atoms with E-state index in [1.807, 2.05) is 31.2 Å². The first-order valence-corrected chi connectivity index (χ1v) is 5.11. The molecule has 0 aromatic heterocycles. The van der Waals surface area contributed by atoms with Crippen LogP contribution < -0.4 is 0 Å². The molecule has 0 bridgehead atoms. The first-order valence-electron chi connectivity index (χ1n) is 5.11. The van der Waals surface area contributed by atoms with Crippen molar-refractivity contribution in [2.24, 2.45) is 9.98 Å². The second-order valence-corrected chi connectivity index (χ2v) is 3.35. The molecule has 17 heavy (non-hydrogen) atoms. The number of hydrogen-bond donors (Lipinski definition) is 0. The second-order valence-electron chi connectivity index (χ2n) is 3.35. The zero-order chi connectivity index (χ0) is 11.5. The van der Waals surface area contributed by atoms with E-state index >= 15 is 0 Å². The third kappa shape index (κ3) is 14.6. The molecule has 1 unspecified atom stereocenters. The SMILES string of the molecule is C.C.C=NC1C=CC/C=C\C=N/1.CC=C(C)C. The summed E-state index contributed by atoms with van der Waals surface area (Å²) < 4.78 is 0. The first-order chi connectivity index (χ1) is 7.20. The minimum absolute atomic E-state index is 0. The summed E-state index contributed by atoms with van der Waals surface area (Å²) in [6, 6.07) is 0. The van der Waals surface area contributed by atoms with Crippen LogP contribution in [0.2, 0.25) is 0 Å². The molecule has 1 rings (SSSR count). The molecular formula is C15H28N2. The Hall–Kier alpha value is -1.44. The molecule has 0 N–H and O–H groups in total. The van der Waals surface area contributed by atoms with E-state index in [9.17, 15) is 0 Å². The van der Waals surface area contributed by atoms with Gasteiger partial charge in [-0.25, -0.2) is 0 Å². The predicted molar refractivity (Wildman–Crippen MR) is 83.3 cm³/mol. The van der Waals surface area contributed by atoms with Crippen LogP contribution in [0.1, 0.15) is 42.0 Å². The van der Waals surface area contributed by atoms with Gasteiger partial charge in [0.1, 0.15) is 0 Å². The molecular weight excluding hydrogens is 208 g/mol. The Morgan fingerprint density at radius 3 is 2.41 bits per heavy atom. The van der Waals surface area contributed by atoms with Crippen molar-refractivity contribution >= 4 is 12.9 Å². The Kier molecular flexibility index (Phi) is 17.9. The summed E-state index contributed by atoms with van der Waals surface area (Å²) in [7, 11) is 0. The lowest BCUT2D eigenvalue weighted by Gasteiger charge is -1.98. The van der Waals surface area contributed by atoms with E-state index in [2.05, 4.69) is 36.6 Å². The van der Waals surface area contributed by atoms with Crippen molar-refractivity contribution < 1.29 is 0 Å². The van der Waals surface area contributed by atoms with Crippen LogP contribution in [0.4, 0.5) is 0 Å². The zero-order valence-electron chi connectivity index (χ0n) is 9.85. The van der Waals surface area contributed by atoms with Crippen LogP contribution in [0.25, 0.3) is 0 Å². The van der Waals surface area contributed by atoms with Crippen molar-refractivity contribution in [3.05, 3.63) is 36.0 Å². The van der Waals surface area contributed by atoms with Crippen molar-refractivity contribution in [3.8, 4) is 0 Å². The van der Waals surface area contributed by atoms with E-state index in [4.69, 9.17) is 0 Å². The van der Waals surface area contributed by atoms with Crippen LogP contribution in [-0.4, -0.2) is 19.1 Å². The van der Waals surface area contributed by atoms with Crippen molar-refractivity contribution in [3.63, 3.8) is 0 Å². The smallest absolute Gasteiger partial charge is 0.157 e. The molecule has 0 saturated heterocycles. The molecule has 98 valence electrons. The van der Waals surface area contributed by atoms with Gasteiger partial charge < -0.3 is 0 Å². The van der Waals surface area contributed by atoms with Crippen molar-refractivity contribution in [1.82, 2.24) is 0 Å². The molecule has 0 saturated carbocycles. The van der Waals surface area contributed by atoms with Gasteiger partial charge >= 0.3 is 0 Å². The van der Waals surface area contributed by atoms with Crippen LogP contribution in [0, 0.1) is 0 Å². The maximum Gasteiger partial charge on any atom is 0.157 e. The predicted octanol–water partition coefficient (Wildman–Crippen LogP) is 4.84. The Bertz CT molecular complexity index is 279. The van der Waals surface area contributed by atoms with Crippen LogP contribution in [0.15, 0.2) is 45.9 Å². The Balaban J connectivity index is -0.000000247. The van der Waals surface area contributed by atoms with Gasteiger partial charge in [0.25, 0.3) is 0 Å². The molecule has 2 nitrogen and oxygen atoms in total. The highest BCUT2D eigenvalue weighted by molar-refractivity contribution is 5.71. The van der Waals surface area contributed by atoms with E-state index in [0.29, 0.717) is 0 Å². The normalized spacial score (nSPS) is 19.8. The summed E-state index contributed by atoms with van der Waals surface area (Å²) in [5.74, 6) is 0. The summed E-state index contributed by atoms with van der Waals surface area (Å²) in [5.41, 5.74) is 1.38. The van der Waals surface area contributed by atoms with Gasteiger partial charge in [0.05, 0.1) is 0 Å². The van der Waals surface area contributed by atoms with E-state index < -0.39 is 0 Å². The summed E-state index contributed by atoms with van der Waals surface area (Å²) in [6.45, 7) is 9.62. The molecule has 0 fully saturated rings. The van der Waals surface area contributed by atoms with Crippen molar-refractivity contribution in [1.29, 1.82) is 0 Å². The fourth-order valence-corrected chi connectivity index (χ4v) is 0.714. The molecule has 0 amide bonds. The molecule has 0 aromatic rings. The third-order valence-corrected chi connectivity index (χ3v) is 1.81. The minimum Gasteiger partial charge on any atom is -0.270 e. The monoisotopic (exact) mass is 236 g/mol. The second kappa shape index (κ2) is 14.6. The molecule has 1 aliphatic rings. The van der Waals surface area contributed by atoms with Crippen LogP contribution in [0.3, 0.4) is 0 Å². The van der Waals surface area contributed by atoms with Gasteiger partial charge in [0.2, 0.25) is 0 Å². The molecule has 0 spiro atoms. The van der Waals surface area contributed by atoms with Crippen LogP contribution >= 0.6 is 0 Å². The number of hydrogen-bond acceptors (Lipinski definition) is 2. The molecule has 2 heteroatoms. The Morgan fingerprint density at radius 2 is 1.94 bits per heavy atom. The zero-order valence-corrected chi connectivity index (χ0v) is 9.85. The standard InChI is InChI=1S/C8H10N2.C5H10.2CH4/c1-9-8-6-4-2-3-5-7-10-8;1-4-5(2)3;;/h3-8H,1-2H2;4H,1-3H3;2*1H4/b5-3-,6-4?,10-7-;;;. The lowest BCUT2D eigenvalue weighted by molar-refractivity contribution is 0.887. The lowest BCUT2D eigenvalue weighted by atomic mass is 10.3. The Labute approximate surface area is 108 Å². The average Bonchev–Trinajstić information content (AvgIpc) is 2.18. The largest absolute Gasteiger partial charge is 0.270 e. The topological polar surface area (TPSA) is 24.7 Å². The van der Waals surface area contributed by atoms with E-state index in [1.54, 1.807) is 6.21 Å². The molecule has 0 aromatic carbocycles. The number of nitrogens with zero attached hydrogens (tertiary/aromatic N) is 2. The average molecular weight is 236 g/mol. The summed E-state index contributed by atoms with van der Waals surface area (Å²) in [4.78, 5) is 7.85. The van der Waals surface area contributed by atoms with Gasteiger partial charge in [0, 0.05) is 6.21 Å². The van der Waals surface area contributed by atoms with Gasteiger partial charge in [-0.1, -0.05) is 38.7 Å². The van der Waals surface area contributed by atoms with E-state index in [0.717, 1.165) is 6.42 Å². The fraction of sp³-hybridized carbons (Fsp3) is 0.467. The van der Waals surface area contributed by atoms with E-state index in [1.165, 1.54) is 5.57 Å². The Morgan fingerprint density at radius 1 is 1.35 bits per heavy atom. The fourth-order valence-electron chi connectivity index (χ4n) is 0.714. The number of allylic oxidation sites excluding steroid dienone is 5. The first kappa shape index (κ1) is 20.9. The highest BCUT2D eigenvalue weighted by Gasteiger charge is 1.92. The van der Waals surface area contributed by atoms with E-state index in [-0.39, 0.29) is 21.0 Å². The van der Waals surface area contributed by atoms with Crippen molar-refractivity contribution in [2.75, 3.05) is 0 Å². The van der Waals surface area contributed by atoms with Gasteiger partial charge in [-0.05, 0) is 46.1 Å². The minimum atomic E-state index is -0.0788. The number of aliphatic imine (C=N–C) groups is 2. The van der Waals surface area contributed by atoms with Crippen molar-refractivity contribution in [2.45, 2.75) is 48.2 Å². The van der Waals surface area contributed by atoms with Gasteiger partial charge in [-0.2, -0.15) is 0 Å². The van der Waals surface area contributed by atoms with Gasteiger partial charge in [-0.3, -0.25) is 9.98 Å². The molecule has 1 atom stereocenters. The molecule has 0 radical (unpaired) electrons. The molecule has 1 aliphatic heterocycles. The number of rotatable bonds is 1. The quantitative estimate of drug-likeness (QED) is 0.459.